The number of ether oxygens (including phenoxy) is 1. The summed E-state index contributed by atoms with van der Waals surface area (Å²) in [6.07, 6.45) is 0.161. The monoisotopic (exact) mass is 311 g/mol. The number of esters is 1. The summed E-state index contributed by atoms with van der Waals surface area (Å²) in [5.41, 5.74) is 0. The van der Waals surface area contributed by atoms with Crippen molar-refractivity contribution in [2.45, 2.75) is 45.8 Å². The first-order valence-corrected chi connectivity index (χ1v) is 8.20. The van der Waals surface area contributed by atoms with Crippen molar-refractivity contribution in [1.29, 1.82) is 0 Å². The molecule has 0 aromatic heterocycles. The van der Waals surface area contributed by atoms with Gasteiger partial charge < -0.3 is 13.8 Å². The molecule has 0 amide bonds. The first kappa shape index (κ1) is 19.0. The molecule has 0 aliphatic heterocycles. The highest BCUT2D eigenvalue weighted by Gasteiger charge is 2.44. The maximum absolute atomic E-state index is 12.4. The fraction of sp³-hybridized carbons (Fsp3) is 0.909. The second kappa shape index (κ2) is 9.85. The minimum atomic E-state index is -3.81. The predicted octanol–water partition coefficient (Wildman–Crippen LogP) is 2.59. The average molecular weight is 311 g/mol. The predicted molar refractivity (Wildman–Crippen MR) is 72.1 cm³/mol. The van der Waals surface area contributed by atoms with E-state index in [9.17, 15) is 19.5 Å². The molecule has 0 fully saturated rings. The van der Waals surface area contributed by atoms with Crippen LogP contribution in [0.4, 0.5) is 0 Å². The quantitative estimate of drug-likeness (QED) is 0.250. The van der Waals surface area contributed by atoms with Gasteiger partial charge in [0.25, 0.3) is 0 Å². The van der Waals surface area contributed by atoms with Crippen molar-refractivity contribution in [3.63, 3.8) is 0 Å². The van der Waals surface area contributed by atoms with Crippen LogP contribution in [0, 0.1) is 10.1 Å². The summed E-state index contributed by atoms with van der Waals surface area (Å²) in [4.78, 5) is 21.6. The van der Waals surface area contributed by atoms with Crippen LogP contribution in [0.15, 0.2) is 0 Å². The topological polar surface area (TPSA) is 105 Å². The molecule has 0 bridgehead atoms. The largest absolute Gasteiger partial charge is 0.466 e. The van der Waals surface area contributed by atoms with Gasteiger partial charge in [-0.25, -0.2) is 0 Å². The molecule has 0 spiro atoms. The van der Waals surface area contributed by atoms with E-state index >= 15 is 0 Å². The van der Waals surface area contributed by atoms with Crippen molar-refractivity contribution in [2.24, 2.45) is 0 Å². The van der Waals surface area contributed by atoms with Gasteiger partial charge in [0.15, 0.2) is 0 Å². The number of carbonyl (C=O) groups excluding carboxylic acids is 1. The number of carbonyl (C=O) groups is 1. The average Bonchev–Trinajstić information content (AvgIpc) is 2.34. The van der Waals surface area contributed by atoms with Crippen molar-refractivity contribution >= 4 is 13.6 Å². The van der Waals surface area contributed by atoms with E-state index in [4.69, 9.17) is 13.8 Å². The van der Waals surface area contributed by atoms with Gasteiger partial charge in [-0.05, 0) is 27.2 Å². The molecule has 118 valence electrons. The van der Waals surface area contributed by atoms with Crippen LogP contribution in [-0.4, -0.2) is 36.5 Å². The van der Waals surface area contributed by atoms with Crippen LogP contribution < -0.4 is 0 Å². The van der Waals surface area contributed by atoms with Gasteiger partial charge in [-0.1, -0.05) is 0 Å². The lowest BCUT2D eigenvalue weighted by atomic mass is 10.2. The molecular weight excluding hydrogens is 289 g/mol. The lowest BCUT2D eigenvalue weighted by Crippen LogP contribution is -2.23. The molecular formula is C11H22NO7P. The molecule has 9 heteroatoms. The molecule has 0 N–H and O–H groups in total. The zero-order valence-electron chi connectivity index (χ0n) is 12.1. The van der Waals surface area contributed by atoms with Crippen molar-refractivity contribution in [1.82, 2.24) is 0 Å². The maximum Gasteiger partial charge on any atom is 0.403 e. The summed E-state index contributed by atoms with van der Waals surface area (Å²) < 4.78 is 27.0. The first-order chi connectivity index (χ1) is 9.41. The van der Waals surface area contributed by atoms with Gasteiger partial charge in [0.2, 0.25) is 0 Å². The molecule has 8 nitrogen and oxygen atoms in total. The SMILES string of the molecule is CCOC(=O)CCC[C@@H]([N+](=O)[O-])P(=O)(OCC)OCC. The first-order valence-electron chi connectivity index (χ1n) is 6.59. The van der Waals surface area contributed by atoms with Gasteiger partial charge >= 0.3 is 19.3 Å². The number of nitro groups is 1. The Bertz CT molecular complexity index is 351. The van der Waals surface area contributed by atoms with Crippen LogP contribution in [-0.2, 0) is 23.1 Å². The maximum atomic E-state index is 12.4. The number of hydrogen-bond donors (Lipinski definition) is 0. The third-order valence-electron chi connectivity index (χ3n) is 2.38. The molecule has 0 aromatic rings. The van der Waals surface area contributed by atoms with E-state index in [1.807, 2.05) is 0 Å². The zero-order chi connectivity index (χ0) is 15.6. The van der Waals surface area contributed by atoms with Gasteiger partial charge in [-0.2, -0.15) is 0 Å². The molecule has 0 saturated carbocycles. The van der Waals surface area contributed by atoms with E-state index in [-0.39, 0.29) is 39.1 Å². The Labute approximate surface area is 118 Å². The van der Waals surface area contributed by atoms with Crippen molar-refractivity contribution < 1.29 is 28.1 Å². The summed E-state index contributed by atoms with van der Waals surface area (Å²) in [6, 6.07) is 0. The molecule has 0 saturated heterocycles. The van der Waals surface area contributed by atoms with Gasteiger partial charge in [0, 0.05) is 17.8 Å². The van der Waals surface area contributed by atoms with E-state index < -0.39 is 24.3 Å². The van der Waals surface area contributed by atoms with Crippen LogP contribution in [0.3, 0.4) is 0 Å². The Balaban J connectivity index is 4.65. The molecule has 0 unspecified atom stereocenters. The molecule has 0 radical (unpaired) electrons. The van der Waals surface area contributed by atoms with Crippen LogP contribution in [0.25, 0.3) is 0 Å². The van der Waals surface area contributed by atoms with Gasteiger partial charge in [0.05, 0.1) is 19.8 Å². The smallest absolute Gasteiger partial charge is 0.403 e. The van der Waals surface area contributed by atoms with E-state index in [1.165, 1.54) is 0 Å². The highest BCUT2D eigenvalue weighted by atomic mass is 31.2. The van der Waals surface area contributed by atoms with E-state index in [0.717, 1.165) is 0 Å². The Morgan fingerprint density at radius 2 is 1.75 bits per heavy atom. The molecule has 0 aromatic carbocycles. The fourth-order valence-corrected chi connectivity index (χ4v) is 3.48. The number of nitrogens with zero attached hydrogens (tertiary/aromatic N) is 1. The molecule has 20 heavy (non-hydrogen) atoms. The minimum Gasteiger partial charge on any atom is -0.466 e. The summed E-state index contributed by atoms with van der Waals surface area (Å²) >= 11 is 0. The highest BCUT2D eigenvalue weighted by Crippen LogP contribution is 2.54. The van der Waals surface area contributed by atoms with Crippen molar-refractivity contribution in [3.8, 4) is 0 Å². The fourth-order valence-electron chi connectivity index (χ4n) is 1.61. The Morgan fingerprint density at radius 1 is 1.20 bits per heavy atom. The third-order valence-corrected chi connectivity index (χ3v) is 4.79. The summed E-state index contributed by atoms with van der Waals surface area (Å²) in [6.45, 7) is 5.21. The number of hydrogen-bond acceptors (Lipinski definition) is 7. The van der Waals surface area contributed by atoms with Gasteiger partial charge in [-0.15, -0.1) is 0 Å². The van der Waals surface area contributed by atoms with E-state index in [1.54, 1.807) is 20.8 Å². The van der Waals surface area contributed by atoms with Crippen molar-refractivity contribution in [3.05, 3.63) is 10.1 Å². The van der Waals surface area contributed by atoms with Crippen molar-refractivity contribution in [2.75, 3.05) is 19.8 Å². The summed E-state index contributed by atoms with van der Waals surface area (Å²) in [5, 5.41) is 11.1. The van der Waals surface area contributed by atoms with Crippen LogP contribution in [0.1, 0.15) is 40.0 Å². The molecule has 0 aliphatic carbocycles. The Hall–Kier alpha value is -0.980. The molecule has 0 heterocycles. The van der Waals surface area contributed by atoms with Crippen LogP contribution in [0.2, 0.25) is 0 Å². The number of rotatable bonds is 11. The zero-order valence-corrected chi connectivity index (χ0v) is 13.0. The lowest BCUT2D eigenvalue weighted by Gasteiger charge is -2.20. The second-order valence-electron chi connectivity index (χ2n) is 3.84. The second-order valence-corrected chi connectivity index (χ2v) is 6.03. The van der Waals surface area contributed by atoms with Gasteiger partial charge in [-0.3, -0.25) is 19.5 Å². The molecule has 1 atom stereocenters. The Morgan fingerprint density at radius 3 is 2.15 bits per heavy atom. The normalized spacial score (nSPS) is 12.9. The highest BCUT2D eigenvalue weighted by molar-refractivity contribution is 7.54. The third kappa shape index (κ3) is 6.45. The minimum absolute atomic E-state index is 0.0381. The molecule has 0 aliphatic rings. The standard InChI is InChI=1S/C11H22NO7P/c1-4-17-11(13)9-7-8-10(12(14)15)20(16,18-5-2)19-6-3/h10H,4-9H2,1-3H3/t10-/m0/s1. The Kier molecular flexibility index (Phi) is 9.37. The van der Waals surface area contributed by atoms with E-state index in [0.29, 0.717) is 0 Å². The lowest BCUT2D eigenvalue weighted by molar-refractivity contribution is -0.502. The van der Waals surface area contributed by atoms with Gasteiger partial charge in [0.1, 0.15) is 0 Å². The van der Waals surface area contributed by atoms with Crippen LogP contribution in [0.5, 0.6) is 0 Å². The molecule has 0 rings (SSSR count). The summed E-state index contributed by atoms with van der Waals surface area (Å²) in [5.74, 6) is -1.89. The van der Waals surface area contributed by atoms with E-state index in [2.05, 4.69) is 0 Å². The summed E-state index contributed by atoms with van der Waals surface area (Å²) in [7, 11) is -3.81. The van der Waals surface area contributed by atoms with Crippen LogP contribution >= 0.6 is 7.60 Å².